The van der Waals surface area contributed by atoms with E-state index in [1.54, 1.807) is 18.2 Å². The van der Waals surface area contributed by atoms with Gasteiger partial charge in [0, 0.05) is 24.2 Å². The van der Waals surface area contributed by atoms with Crippen molar-refractivity contribution in [3.05, 3.63) is 53.1 Å². The number of hydrogen-bond donors (Lipinski definition) is 3. The third-order valence-electron chi connectivity index (χ3n) is 3.38. The lowest BCUT2D eigenvalue weighted by Crippen LogP contribution is -2.30. The van der Waals surface area contributed by atoms with Gasteiger partial charge in [0.1, 0.15) is 5.75 Å². The Labute approximate surface area is 151 Å². The van der Waals surface area contributed by atoms with Gasteiger partial charge in [-0.1, -0.05) is 23.7 Å². The molecular weight excluding hydrogens is 342 g/mol. The highest BCUT2D eigenvalue weighted by Gasteiger charge is 2.08. The smallest absolute Gasteiger partial charge is 0.319 e. The summed E-state index contributed by atoms with van der Waals surface area (Å²) in [6.07, 6.45) is 0.699. The van der Waals surface area contributed by atoms with E-state index in [1.165, 1.54) is 14.0 Å². The van der Waals surface area contributed by atoms with Gasteiger partial charge in [-0.2, -0.15) is 0 Å². The van der Waals surface area contributed by atoms with Crippen molar-refractivity contribution in [2.45, 2.75) is 13.3 Å². The molecule has 0 spiro atoms. The molecule has 6 nitrogen and oxygen atoms in total. The van der Waals surface area contributed by atoms with Crippen molar-refractivity contribution >= 4 is 34.9 Å². The molecule has 25 heavy (non-hydrogen) atoms. The Bertz CT molecular complexity index is 748. The van der Waals surface area contributed by atoms with E-state index < -0.39 is 0 Å². The van der Waals surface area contributed by atoms with Crippen LogP contribution in [-0.4, -0.2) is 25.6 Å². The Hall–Kier alpha value is -2.73. The molecule has 2 aromatic carbocycles. The van der Waals surface area contributed by atoms with Gasteiger partial charge in [0.25, 0.3) is 0 Å². The zero-order chi connectivity index (χ0) is 18.2. The number of halogens is 1. The first-order valence-electron chi connectivity index (χ1n) is 7.73. The summed E-state index contributed by atoms with van der Waals surface area (Å²) in [5.41, 5.74) is 2.13. The average molecular weight is 362 g/mol. The van der Waals surface area contributed by atoms with Crippen LogP contribution in [0.15, 0.2) is 42.5 Å². The van der Waals surface area contributed by atoms with Gasteiger partial charge >= 0.3 is 6.03 Å². The van der Waals surface area contributed by atoms with E-state index in [-0.39, 0.29) is 11.9 Å². The summed E-state index contributed by atoms with van der Waals surface area (Å²) >= 11 is 5.84. The molecule has 0 saturated carbocycles. The van der Waals surface area contributed by atoms with Gasteiger partial charge in [0.2, 0.25) is 5.91 Å². The summed E-state index contributed by atoms with van der Waals surface area (Å²) in [5.74, 6) is 0.298. The van der Waals surface area contributed by atoms with Crippen LogP contribution in [-0.2, 0) is 11.2 Å². The molecule has 3 amide bonds. The molecule has 132 valence electrons. The fourth-order valence-electron chi connectivity index (χ4n) is 2.22. The molecule has 3 N–H and O–H groups in total. The second-order valence-electron chi connectivity index (χ2n) is 5.35. The van der Waals surface area contributed by atoms with Crippen molar-refractivity contribution in [1.29, 1.82) is 0 Å². The number of methoxy groups -OCH3 is 1. The Balaban J connectivity index is 1.89. The van der Waals surface area contributed by atoms with Crippen molar-refractivity contribution in [2.24, 2.45) is 0 Å². The zero-order valence-corrected chi connectivity index (χ0v) is 14.8. The first-order chi connectivity index (χ1) is 12.0. The fraction of sp³-hybridized carbons (Fsp3) is 0.222. The maximum atomic E-state index is 12.0. The molecular formula is C18H20ClN3O3. The van der Waals surface area contributed by atoms with E-state index >= 15 is 0 Å². The molecule has 2 aromatic rings. The van der Waals surface area contributed by atoms with Crippen LogP contribution in [0.4, 0.5) is 16.2 Å². The number of anilines is 2. The lowest BCUT2D eigenvalue weighted by molar-refractivity contribution is -0.114. The predicted octanol–water partition coefficient (Wildman–Crippen LogP) is 3.67. The van der Waals surface area contributed by atoms with Gasteiger partial charge in [-0.3, -0.25) is 4.79 Å². The summed E-state index contributed by atoms with van der Waals surface area (Å²) in [7, 11) is 1.51. The number of benzene rings is 2. The molecule has 0 radical (unpaired) electrons. The Morgan fingerprint density at radius 1 is 1.08 bits per heavy atom. The summed E-state index contributed by atoms with van der Waals surface area (Å²) in [6.45, 7) is 1.89. The minimum atomic E-state index is -0.326. The summed E-state index contributed by atoms with van der Waals surface area (Å²) < 4.78 is 5.18. The minimum absolute atomic E-state index is 0.220. The van der Waals surface area contributed by atoms with Gasteiger partial charge in [-0.05, 0) is 42.3 Å². The number of carbonyl (C=O) groups is 2. The van der Waals surface area contributed by atoms with Gasteiger partial charge in [0.05, 0.1) is 12.8 Å². The van der Waals surface area contributed by atoms with E-state index in [0.717, 1.165) is 5.56 Å². The number of urea groups is 1. The molecule has 0 aliphatic rings. The van der Waals surface area contributed by atoms with Crippen molar-refractivity contribution < 1.29 is 14.3 Å². The van der Waals surface area contributed by atoms with Crippen LogP contribution in [0.2, 0.25) is 5.02 Å². The fourth-order valence-corrected chi connectivity index (χ4v) is 2.35. The van der Waals surface area contributed by atoms with E-state index in [2.05, 4.69) is 16.0 Å². The van der Waals surface area contributed by atoms with Crippen molar-refractivity contribution in [3.8, 4) is 5.75 Å². The van der Waals surface area contributed by atoms with Gasteiger partial charge < -0.3 is 20.7 Å². The number of rotatable bonds is 6. The van der Waals surface area contributed by atoms with Crippen LogP contribution in [0.25, 0.3) is 0 Å². The second kappa shape index (κ2) is 8.94. The molecule has 2 rings (SSSR count). The van der Waals surface area contributed by atoms with Crippen LogP contribution in [0.3, 0.4) is 0 Å². The second-order valence-corrected chi connectivity index (χ2v) is 5.79. The molecule has 0 aromatic heterocycles. The maximum absolute atomic E-state index is 12.0. The third kappa shape index (κ3) is 6.00. The first kappa shape index (κ1) is 18.6. The zero-order valence-electron chi connectivity index (χ0n) is 14.1. The molecule has 0 aliphatic heterocycles. The van der Waals surface area contributed by atoms with E-state index in [9.17, 15) is 9.59 Å². The predicted molar refractivity (Wildman–Crippen MR) is 99.5 cm³/mol. The molecule has 0 aliphatic carbocycles. The molecule has 0 heterocycles. The van der Waals surface area contributed by atoms with Crippen LogP contribution >= 0.6 is 11.6 Å². The largest absolute Gasteiger partial charge is 0.495 e. The van der Waals surface area contributed by atoms with E-state index in [0.29, 0.717) is 35.1 Å². The number of carbonyl (C=O) groups excluding carboxylic acids is 2. The molecule has 0 fully saturated rings. The quantitative estimate of drug-likeness (QED) is 0.734. The van der Waals surface area contributed by atoms with Crippen LogP contribution < -0.4 is 20.7 Å². The molecule has 7 heteroatoms. The third-order valence-corrected chi connectivity index (χ3v) is 3.63. The normalized spacial score (nSPS) is 10.0. The van der Waals surface area contributed by atoms with Crippen LogP contribution in [0.5, 0.6) is 5.75 Å². The van der Waals surface area contributed by atoms with Crippen LogP contribution in [0.1, 0.15) is 12.5 Å². The number of nitrogens with one attached hydrogen (secondary N) is 3. The van der Waals surface area contributed by atoms with Crippen molar-refractivity contribution in [1.82, 2.24) is 5.32 Å². The van der Waals surface area contributed by atoms with Gasteiger partial charge in [0.15, 0.2) is 0 Å². The van der Waals surface area contributed by atoms with Crippen LogP contribution in [0, 0.1) is 0 Å². The molecule has 0 saturated heterocycles. The molecule has 0 bridgehead atoms. The van der Waals surface area contributed by atoms with E-state index in [4.69, 9.17) is 16.3 Å². The highest BCUT2D eigenvalue weighted by atomic mass is 35.5. The molecule has 0 atom stereocenters. The van der Waals surface area contributed by atoms with Gasteiger partial charge in [-0.15, -0.1) is 0 Å². The highest BCUT2D eigenvalue weighted by molar-refractivity contribution is 6.30. The standard InChI is InChI=1S/C18H20ClN3O3/c1-12(23)21-16-11-15(7-8-17(16)25-2)22-18(24)20-10-9-13-3-5-14(19)6-4-13/h3-8,11H,9-10H2,1-2H3,(H,21,23)(H2,20,22,24). The van der Waals surface area contributed by atoms with Crippen molar-refractivity contribution in [2.75, 3.05) is 24.3 Å². The maximum Gasteiger partial charge on any atom is 0.319 e. The Morgan fingerprint density at radius 2 is 1.80 bits per heavy atom. The van der Waals surface area contributed by atoms with E-state index in [1.807, 2.05) is 24.3 Å². The first-order valence-corrected chi connectivity index (χ1v) is 8.10. The number of ether oxygens (including phenoxy) is 1. The number of amides is 3. The summed E-state index contributed by atoms with van der Waals surface area (Å²) in [5, 5.41) is 8.85. The Kier molecular flexibility index (Phi) is 6.65. The van der Waals surface area contributed by atoms with Gasteiger partial charge in [-0.25, -0.2) is 4.79 Å². The Morgan fingerprint density at radius 3 is 2.44 bits per heavy atom. The molecule has 0 unspecified atom stereocenters. The summed E-state index contributed by atoms with van der Waals surface area (Å²) in [6, 6.07) is 12.2. The number of hydrogen-bond acceptors (Lipinski definition) is 3. The summed E-state index contributed by atoms with van der Waals surface area (Å²) in [4.78, 5) is 23.2. The van der Waals surface area contributed by atoms with Crippen molar-refractivity contribution in [3.63, 3.8) is 0 Å². The minimum Gasteiger partial charge on any atom is -0.495 e. The monoisotopic (exact) mass is 361 g/mol. The lowest BCUT2D eigenvalue weighted by Gasteiger charge is -2.12. The average Bonchev–Trinajstić information content (AvgIpc) is 2.56. The lowest BCUT2D eigenvalue weighted by atomic mass is 10.1. The highest BCUT2D eigenvalue weighted by Crippen LogP contribution is 2.27. The topological polar surface area (TPSA) is 79.5 Å². The SMILES string of the molecule is COc1ccc(NC(=O)NCCc2ccc(Cl)cc2)cc1NC(C)=O.